The summed E-state index contributed by atoms with van der Waals surface area (Å²) in [7, 11) is 1.28. The number of hydrogen-bond acceptors (Lipinski definition) is 2. The predicted octanol–water partition coefficient (Wildman–Crippen LogP) is 2.60. The monoisotopic (exact) mass is 215 g/mol. The molecule has 0 spiro atoms. The zero-order valence-corrected chi connectivity index (χ0v) is 9.36. The van der Waals surface area contributed by atoms with Gasteiger partial charge in [0.15, 0.2) is 0 Å². The Bertz CT molecular complexity index is 441. The standard InChI is InChI=1S/C13H13NO2/c1-10(12(14-2)13(15)16-3)9-11-7-5-4-6-8-11/h4-8H,9H2,1,3H3. The Hall–Kier alpha value is -2.08. The summed E-state index contributed by atoms with van der Waals surface area (Å²) in [5.74, 6) is -0.566. The second kappa shape index (κ2) is 5.72. The Balaban J connectivity index is 2.92. The number of nitrogens with zero attached hydrogens (tertiary/aromatic N) is 1. The molecular weight excluding hydrogens is 202 g/mol. The van der Waals surface area contributed by atoms with Crippen LogP contribution in [-0.4, -0.2) is 13.1 Å². The molecule has 0 unspecified atom stereocenters. The van der Waals surface area contributed by atoms with Crippen LogP contribution in [0.5, 0.6) is 0 Å². The van der Waals surface area contributed by atoms with Crippen molar-refractivity contribution in [3.63, 3.8) is 0 Å². The van der Waals surface area contributed by atoms with E-state index in [-0.39, 0.29) is 5.70 Å². The van der Waals surface area contributed by atoms with Crippen molar-refractivity contribution in [3.8, 4) is 0 Å². The first-order valence-electron chi connectivity index (χ1n) is 4.88. The largest absolute Gasteiger partial charge is 0.474 e. The molecule has 16 heavy (non-hydrogen) atoms. The van der Waals surface area contributed by atoms with Crippen molar-refractivity contribution in [2.24, 2.45) is 0 Å². The fourth-order valence-electron chi connectivity index (χ4n) is 1.40. The Morgan fingerprint density at radius 1 is 1.38 bits per heavy atom. The molecule has 1 rings (SSSR count). The molecule has 0 bridgehead atoms. The molecule has 0 aliphatic carbocycles. The summed E-state index contributed by atoms with van der Waals surface area (Å²) in [6.07, 6.45) is 0.591. The molecular formula is C13H13NO2. The van der Waals surface area contributed by atoms with Gasteiger partial charge < -0.3 is 4.74 Å². The Labute approximate surface area is 95.2 Å². The summed E-state index contributed by atoms with van der Waals surface area (Å²) in [6.45, 7) is 8.73. The summed E-state index contributed by atoms with van der Waals surface area (Å²) in [5, 5.41) is 0. The number of rotatable bonds is 3. The zero-order chi connectivity index (χ0) is 12.0. The van der Waals surface area contributed by atoms with Gasteiger partial charge in [-0.2, -0.15) is 0 Å². The number of hydrogen-bond donors (Lipinski definition) is 0. The molecule has 1 aromatic rings. The molecule has 0 aliphatic rings. The highest BCUT2D eigenvalue weighted by atomic mass is 16.5. The molecule has 0 heterocycles. The third kappa shape index (κ3) is 2.96. The quantitative estimate of drug-likeness (QED) is 0.441. The highest BCUT2D eigenvalue weighted by molar-refractivity contribution is 5.91. The average molecular weight is 215 g/mol. The summed E-state index contributed by atoms with van der Waals surface area (Å²) < 4.78 is 4.55. The highest BCUT2D eigenvalue weighted by Crippen LogP contribution is 2.13. The molecule has 0 amide bonds. The van der Waals surface area contributed by atoms with Gasteiger partial charge in [0.2, 0.25) is 0 Å². The highest BCUT2D eigenvalue weighted by Gasteiger charge is 2.13. The van der Waals surface area contributed by atoms with Crippen molar-refractivity contribution < 1.29 is 9.53 Å². The molecule has 0 radical (unpaired) electrons. The molecule has 3 nitrogen and oxygen atoms in total. The van der Waals surface area contributed by atoms with Gasteiger partial charge in [-0.15, -0.1) is 0 Å². The molecule has 0 aliphatic heterocycles. The second-order valence-electron chi connectivity index (χ2n) is 3.39. The van der Waals surface area contributed by atoms with Crippen LogP contribution in [0.1, 0.15) is 12.5 Å². The first kappa shape index (κ1) is 12.0. The first-order chi connectivity index (χ1) is 7.69. The summed E-state index contributed by atoms with van der Waals surface area (Å²) in [6, 6.07) is 9.71. The number of methoxy groups -OCH3 is 1. The van der Waals surface area contributed by atoms with E-state index in [2.05, 4.69) is 9.58 Å². The maximum absolute atomic E-state index is 11.3. The van der Waals surface area contributed by atoms with Gasteiger partial charge in [-0.25, -0.2) is 4.85 Å². The topological polar surface area (TPSA) is 30.7 Å². The molecule has 82 valence electrons. The van der Waals surface area contributed by atoms with Gasteiger partial charge in [-0.05, 0) is 12.0 Å². The summed E-state index contributed by atoms with van der Waals surface area (Å²) in [4.78, 5) is 14.5. The van der Waals surface area contributed by atoms with E-state index in [0.717, 1.165) is 11.1 Å². The zero-order valence-electron chi connectivity index (χ0n) is 9.36. The first-order valence-corrected chi connectivity index (χ1v) is 4.88. The number of ether oxygens (including phenoxy) is 1. The molecule has 0 fully saturated rings. The lowest BCUT2D eigenvalue weighted by Crippen LogP contribution is -2.05. The van der Waals surface area contributed by atoms with E-state index < -0.39 is 5.97 Å². The van der Waals surface area contributed by atoms with E-state index in [1.165, 1.54) is 7.11 Å². The smallest absolute Gasteiger partial charge is 0.335 e. The molecule has 0 aromatic heterocycles. The van der Waals surface area contributed by atoms with Crippen molar-refractivity contribution >= 4 is 5.97 Å². The van der Waals surface area contributed by atoms with Gasteiger partial charge in [0.05, 0.1) is 13.7 Å². The van der Waals surface area contributed by atoms with E-state index >= 15 is 0 Å². The SMILES string of the molecule is [C-]#[N+]C(C(=O)OC)=C(C)Cc1ccccc1. The van der Waals surface area contributed by atoms with Crippen molar-refractivity contribution in [2.75, 3.05) is 7.11 Å². The van der Waals surface area contributed by atoms with Crippen LogP contribution in [0.25, 0.3) is 4.85 Å². The minimum atomic E-state index is -0.566. The van der Waals surface area contributed by atoms with E-state index in [9.17, 15) is 4.79 Å². The van der Waals surface area contributed by atoms with E-state index in [1.54, 1.807) is 6.92 Å². The minimum absolute atomic E-state index is 0.0753. The maximum Gasteiger partial charge on any atom is 0.335 e. The Morgan fingerprint density at radius 2 is 2.00 bits per heavy atom. The Kier molecular flexibility index (Phi) is 4.28. The normalized spacial score (nSPS) is 11.3. The van der Waals surface area contributed by atoms with Crippen LogP contribution < -0.4 is 0 Å². The molecule has 0 N–H and O–H groups in total. The number of carbonyl (C=O) groups is 1. The van der Waals surface area contributed by atoms with Gasteiger partial charge >= 0.3 is 5.97 Å². The lowest BCUT2D eigenvalue weighted by Gasteiger charge is -2.04. The third-order valence-corrected chi connectivity index (χ3v) is 2.21. The van der Waals surface area contributed by atoms with E-state index in [4.69, 9.17) is 6.57 Å². The van der Waals surface area contributed by atoms with Crippen LogP contribution in [0.3, 0.4) is 0 Å². The molecule has 0 saturated carbocycles. The van der Waals surface area contributed by atoms with Gasteiger partial charge in [0.25, 0.3) is 5.70 Å². The van der Waals surface area contributed by atoms with Gasteiger partial charge in [0, 0.05) is 0 Å². The van der Waals surface area contributed by atoms with E-state index in [1.807, 2.05) is 30.3 Å². The fourth-order valence-corrected chi connectivity index (χ4v) is 1.40. The van der Waals surface area contributed by atoms with Gasteiger partial charge in [-0.3, -0.25) is 4.79 Å². The molecule has 3 heteroatoms. The molecule has 0 atom stereocenters. The van der Waals surface area contributed by atoms with Crippen molar-refractivity contribution in [1.82, 2.24) is 0 Å². The van der Waals surface area contributed by atoms with Crippen LogP contribution in [-0.2, 0) is 16.0 Å². The van der Waals surface area contributed by atoms with E-state index in [0.29, 0.717) is 6.42 Å². The van der Waals surface area contributed by atoms with Gasteiger partial charge in [0.1, 0.15) is 0 Å². The van der Waals surface area contributed by atoms with Crippen LogP contribution >= 0.6 is 0 Å². The fraction of sp³-hybridized carbons (Fsp3) is 0.231. The molecule has 1 aromatic carbocycles. The second-order valence-corrected chi connectivity index (χ2v) is 3.39. The van der Waals surface area contributed by atoms with Crippen LogP contribution in [0.4, 0.5) is 0 Å². The Morgan fingerprint density at radius 3 is 2.50 bits per heavy atom. The molecule has 0 saturated heterocycles. The minimum Gasteiger partial charge on any atom is -0.474 e. The van der Waals surface area contributed by atoms with Crippen LogP contribution in [0.2, 0.25) is 0 Å². The number of benzene rings is 1. The summed E-state index contributed by atoms with van der Waals surface area (Å²) in [5.41, 5.74) is 1.88. The lowest BCUT2D eigenvalue weighted by molar-refractivity contribution is -0.135. The average Bonchev–Trinajstić information content (AvgIpc) is 2.31. The van der Waals surface area contributed by atoms with Crippen molar-refractivity contribution in [3.05, 3.63) is 58.6 Å². The number of carbonyl (C=O) groups excluding carboxylic acids is 1. The maximum atomic E-state index is 11.3. The van der Waals surface area contributed by atoms with Crippen LogP contribution in [0, 0.1) is 6.57 Å². The van der Waals surface area contributed by atoms with Gasteiger partial charge in [-0.1, -0.05) is 42.8 Å². The van der Waals surface area contributed by atoms with Crippen molar-refractivity contribution in [2.45, 2.75) is 13.3 Å². The predicted molar refractivity (Wildman–Crippen MR) is 61.5 cm³/mol. The lowest BCUT2D eigenvalue weighted by atomic mass is 10.1. The van der Waals surface area contributed by atoms with Crippen molar-refractivity contribution in [1.29, 1.82) is 0 Å². The summed E-state index contributed by atoms with van der Waals surface area (Å²) >= 11 is 0. The number of allylic oxidation sites excluding steroid dienone is 1. The number of esters is 1. The van der Waals surface area contributed by atoms with Crippen LogP contribution in [0.15, 0.2) is 41.6 Å². The third-order valence-electron chi connectivity index (χ3n) is 2.21.